The van der Waals surface area contributed by atoms with Gasteiger partial charge in [-0.1, -0.05) is 87.2 Å². The zero-order valence-electron chi connectivity index (χ0n) is 25.9. The van der Waals surface area contributed by atoms with E-state index >= 15 is 0 Å². The molecule has 3 saturated heterocycles. The molecule has 242 valence electrons. The molecule has 0 saturated carbocycles. The minimum absolute atomic E-state index is 0.0337. The van der Waals surface area contributed by atoms with Gasteiger partial charge in [-0.05, 0) is 42.2 Å². The number of para-hydroxylation sites is 1. The summed E-state index contributed by atoms with van der Waals surface area (Å²) in [7, 11) is 0. The van der Waals surface area contributed by atoms with E-state index in [1.807, 2.05) is 50.2 Å². The SMILES string of the molecule is C=CCOC(=O)C[C@@H](O)C[C@H]1CCN2[C@](c3ccc(F)cc3)(O1)[C@]1(c3ccccc3)O[C@]1(C(=O)Nc1ccccc1)[C@]2(O)C(C)C. The summed E-state index contributed by atoms with van der Waals surface area (Å²) in [6.07, 6.45) is -0.113. The van der Waals surface area contributed by atoms with E-state index < -0.39 is 58.5 Å². The van der Waals surface area contributed by atoms with Crippen molar-refractivity contribution in [2.24, 2.45) is 5.92 Å². The van der Waals surface area contributed by atoms with Crippen molar-refractivity contribution in [1.29, 1.82) is 0 Å². The number of hydrogen-bond donors (Lipinski definition) is 3. The summed E-state index contributed by atoms with van der Waals surface area (Å²) in [6.45, 7) is 7.45. The molecule has 10 heteroatoms. The minimum Gasteiger partial charge on any atom is -0.461 e. The molecule has 46 heavy (non-hydrogen) atoms. The number of aliphatic hydroxyl groups is 2. The molecule has 1 amide bonds. The minimum atomic E-state index is -1.91. The highest BCUT2D eigenvalue weighted by Crippen LogP contribution is 2.79. The number of nitrogens with zero attached hydrogens (tertiary/aromatic N) is 1. The lowest BCUT2D eigenvalue weighted by Gasteiger charge is -2.54. The van der Waals surface area contributed by atoms with Crippen LogP contribution in [0, 0.1) is 11.7 Å². The molecule has 0 unspecified atom stereocenters. The fraction of sp³-hybridized carbons (Fsp3) is 0.389. The Balaban J connectivity index is 1.51. The molecule has 0 aromatic heterocycles. The highest BCUT2D eigenvalue weighted by Gasteiger charge is 2.99. The van der Waals surface area contributed by atoms with Gasteiger partial charge in [0, 0.05) is 24.2 Å². The number of epoxide rings is 1. The number of halogens is 1. The third-order valence-electron chi connectivity index (χ3n) is 9.43. The second-order valence-corrected chi connectivity index (χ2v) is 12.4. The van der Waals surface area contributed by atoms with Crippen LogP contribution in [0.2, 0.25) is 0 Å². The first-order chi connectivity index (χ1) is 22.1. The lowest BCUT2D eigenvalue weighted by atomic mass is 9.73. The molecule has 3 fully saturated rings. The smallest absolute Gasteiger partial charge is 0.308 e. The zero-order valence-corrected chi connectivity index (χ0v) is 25.9. The molecular weight excluding hydrogens is 591 g/mol. The maximum atomic E-state index is 14.7. The number of benzene rings is 3. The van der Waals surface area contributed by atoms with Crippen molar-refractivity contribution in [1.82, 2.24) is 4.90 Å². The number of amides is 1. The molecule has 0 bridgehead atoms. The van der Waals surface area contributed by atoms with Crippen LogP contribution in [-0.4, -0.2) is 63.7 Å². The van der Waals surface area contributed by atoms with Crippen LogP contribution < -0.4 is 5.32 Å². The fourth-order valence-corrected chi connectivity index (χ4v) is 7.54. The average molecular weight is 631 g/mol. The first kappa shape index (κ1) is 32.0. The van der Waals surface area contributed by atoms with Crippen LogP contribution in [0.3, 0.4) is 0 Å². The van der Waals surface area contributed by atoms with Crippen LogP contribution in [0.25, 0.3) is 0 Å². The molecule has 3 N–H and O–H groups in total. The maximum Gasteiger partial charge on any atom is 0.308 e. The predicted octanol–water partition coefficient (Wildman–Crippen LogP) is 4.60. The Kier molecular flexibility index (Phi) is 8.37. The highest BCUT2D eigenvalue weighted by molar-refractivity contribution is 6.03. The van der Waals surface area contributed by atoms with Gasteiger partial charge in [-0.25, -0.2) is 9.29 Å². The van der Waals surface area contributed by atoms with E-state index in [9.17, 15) is 24.2 Å². The first-order valence-electron chi connectivity index (χ1n) is 15.6. The molecule has 6 rings (SSSR count). The molecule has 0 spiro atoms. The van der Waals surface area contributed by atoms with Gasteiger partial charge in [0.1, 0.15) is 12.4 Å². The lowest BCUT2D eigenvalue weighted by Crippen LogP contribution is -2.68. The molecule has 3 aromatic carbocycles. The molecule has 0 aliphatic carbocycles. The summed E-state index contributed by atoms with van der Waals surface area (Å²) in [4.78, 5) is 28.7. The van der Waals surface area contributed by atoms with Crippen LogP contribution in [0.5, 0.6) is 0 Å². The topological polar surface area (TPSA) is 121 Å². The Labute approximate surface area is 267 Å². The van der Waals surface area contributed by atoms with Crippen molar-refractivity contribution in [2.75, 3.05) is 18.5 Å². The maximum absolute atomic E-state index is 14.7. The molecule has 3 aliphatic heterocycles. The summed E-state index contributed by atoms with van der Waals surface area (Å²) in [5.74, 6) is -2.15. The van der Waals surface area contributed by atoms with Gasteiger partial charge in [-0.2, -0.15) is 0 Å². The number of ether oxygens (including phenoxy) is 3. The van der Waals surface area contributed by atoms with Gasteiger partial charge in [0.15, 0.2) is 17.1 Å². The largest absolute Gasteiger partial charge is 0.461 e. The van der Waals surface area contributed by atoms with E-state index in [0.29, 0.717) is 23.2 Å². The van der Waals surface area contributed by atoms with Crippen molar-refractivity contribution in [3.8, 4) is 0 Å². The second-order valence-electron chi connectivity index (χ2n) is 12.4. The van der Waals surface area contributed by atoms with Gasteiger partial charge < -0.3 is 29.7 Å². The van der Waals surface area contributed by atoms with Crippen LogP contribution in [-0.2, 0) is 35.1 Å². The summed E-state index contributed by atoms with van der Waals surface area (Å²) < 4.78 is 33.3. The third kappa shape index (κ3) is 4.62. The Bertz CT molecular complexity index is 1590. The summed E-state index contributed by atoms with van der Waals surface area (Å²) in [6, 6.07) is 23.8. The Morgan fingerprint density at radius 2 is 1.72 bits per heavy atom. The Hall–Kier alpha value is -3.93. The summed E-state index contributed by atoms with van der Waals surface area (Å²) in [5, 5.41) is 26.9. The van der Waals surface area contributed by atoms with Gasteiger partial charge in [-0.3, -0.25) is 9.59 Å². The third-order valence-corrected chi connectivity index (χ3v) is 9.43. The van der Waals surface area contributed by atoms with E-state index in [4.69, 9.17) is 14.2 Å². The molecule has 0 radical (unpaired) electrons. The van der Waals surface area contributed by atoms with Crippen molar-refractivity contribution in [2.45, 2.75) is 68.0 Å². The number of morpholine rings is 1. The van der Waals surface area contributed by atoms with Gasteiger partial charge in [0.05, 0.1) is 18.6 Å². The average Bonchev–Trinajstić information content (AvgIpc) is 3.74. The van der Waals surface area contributed by atoms with E-state index in [2.05, 4.69) is 11.9 Å². The number of rotatable bonds is 11. The molecule has 3 heterocycles. The summed E-state index contributed by atoms with van der Waals surface area (Å²) in [5.41, 5.74) is -5.47. The Morgan fingerprint density at radius 3 is 2.35 bits per heavy atom. The predicted molar refractivity (Wildman–Crippen MR) is 167 cm³/mol. The normalized spacial score (nSPS) is 30.6. The van der Waals surface area contributed by atoms with Crippen molar-refractivity contribution in [3.63, 3.8) is 0 Å². The number of hydrogen-bond acceptors (Lipinski definition) is 8. The highest BCUT2D eigenvalue weighted by atomic mass is 19.1. The van der Waals surface area contributed by atoms with Gasteiger partial charge in [0.25, 0.3) is 5.91 Å². The number of anilines is 1. The molecular formula is C36H39FN2O7. The van der Waals surface area contributed by atoms with Crippen molar-refractivity contribution in [3.05, 3.63) is 115 Å². The molecule has 6 atom stereocenters. The summed E-state index contributed by atoms with van der Waals surface area (Å²) >= 11 is 0. The standard InChI is InChI=1S/C36H39FN2O7/c1-4-21-44-31(41)23-29(40)22-30-19-20-39-35(43,24(2)3)34(32(42)38-28-13-9-6-10-14-28)33(46-34,25-11-7-5-8-12-25)36(39,45-30)26-15-17-27(37)18-16-26/h4-18,24,29-30,40,43H,1,19-23H2,2-3H3,(H,38,42)/t29-,30+,33+,34-,35+,36+/m0/s1. The quantitative estimate of drug-likeness (QED) is 0.160. The van der Waals surface area contributed by atoms with Crippen LogP contribution in [0.4, 0.5) is 10.1 Å². The van der Waals surface area contributed by atoms with Gasteiger partial charge >= 0.3 is 5.97 Å². The zero-order chi connectivity index (χ0) is 32.7. The lowest BCUT2D eigenvalue weighted by molar-refractivity contribution is -0.326. The number of carbonyl (C=O) groups excluding carboxylic acids is 2. The van der Waals surface area contributed by atoms with Crippen molar-refractivity contribution >= 4 is 17.6 Å². The van der Waals surface area contributed by atoms with Gasteiger partial charge in [0.2, 0.25) is 5.60 Å². The number of aliphatic hydroxyl groups excluding tert-OH is 1. The molecule has 9 nitrogen and oxygen atoms in total. The second kappa shape index (κ2) is 12.0. The monoisotopic (exact) mass is 630 g/mol. The van der Waals surface area contributed by atoms with Gasteiger partial charge in [-0.15, -0.1) is 0 Å². The van der Waals surface area contributed by atoms with Crippen LogP contribution in [0.1, 0.15) is 44.2 Å². The number of carbonyl (C=O) groups is 2. The van der Waals surface area contributed by atoms with E-state index in [1.54, 1.807) is 41.3 Å². The number of fused-ring (bicyclic) bond motifs is 3. The van der Waals surface area contributed by atoms with E-state index in [0.717, 1.165) is 0 Å². The van der Waals surface area contributed by atoms with Crippen LogP contribution >= 0.6 is 0 Å². The number of esters is 1. The van der Waals surface area contributed by atoms with E-state index in [-0.39, 0.29) is 26.0 Å². The van der Waals surface area contributed by atoms with Crippen molar-refractivity contribution < 1.29 is 38.4 Å². The Morgan fingerprint density at radius 1 is 1.07 bits per heavy atom. The molecule has 3 aromatic rings. The first-order valence-corrected chi connectivity index (χ1v) is 15.6. The fourth-order valence-electron chi connectivity index (χ4n) is 7.54. The molecule has 3 aliphatic rings. The van der Waals surface area contributed by atoms with Crippen LogP contribution in [0.15, 0.2) is 97.6 Å². The number of nitrogens with one attached hydrogen (secondary N) is 1. The van der Waals surface area contributed by atoms with E-state index in [1.165, 1.54) is 18.2 Å².